The Morgan fingerprint density at radius 2 is 1.94 bits per heavy atom. The molecule has 9 heteroatoms. The molecule has 0 saturated heterocycles. The molecule has 1 aromatic heterocycles. The average Bonchev–Trinajstić information content (AvgIpc) is 3.27. The zero-order chi connectivity index (χ0) is 23.4. The molecule has 1 aliphatic heterocycles. The maximum Gasteiger partial charge on any atom is 0.337 e. The monoisotopic (exact) mass is 441 g/mol. The van der Waals surface area contributed by atoms with Gasteiger partial charge in [0.1, 0.15) is 6.10 Å². The summed E-state index contributed by atoms with van der Waals surface area (Å²) >= 11 is 0. The summed E-state index contributed by atoms with van der Waals surface area (Å²) in [7, 11) is 1.54. The highest BCUT2D eigenvalue weighted by Gasteiger charge is 2.38. The number of benzene rings is 1. The molecule has 1 aliphatic rings. The van der Waals surface area contributed by atoms with Gasteiger partial charge in [0.2, 0.25) is 12.3 Å². The van der Waals surface area contributed by atoms with Gasteiger partial charge in [0.25, 0.3) is 0 Å². The number of rotatable bonds is 8. The molecular formula is C23H27N3O6. The number of carboxylic acids is 1. The van der Waals surface area contributed by atoms with Gasteiger partial charge in [-0.3, -0.25) is 0 Å². The van der Waals surface area contributed by atoms with E-state index in [4.69, 9.17) is 13.9 Å². The maximum absolute atomic E-state index is 13.3. The summed E-state index contributed by atoms with van der Waals surface area (Å²) in [6, 6.07) is 7.04. The largest absolute Gasteiger partial charge is 0.478 e. The van der Waals surface area contributed by atoms with E-state index in [1.165, 1.54) is 13.5 Å². The molecule has 0 radical (unpaired) electrons. The van der Waals surface area contributed by atoms with Crippen LogP contribution in [0.1, 0.15) is 39.2 Å². The lowest BCUT2D eigenvalue weighted by molar-refractivity contribution is -0.149. The second kappa shape index (κ2) is 9.78. The number of carbonyl (C=O) groups excluding carboxylic acids is 1. The Morgan fingerprint density at radius 3 is 2.53 bits per heavy atom. The van der Waals surface area contributed by atoms with Crippen LogP contribution in [0.15, 0.2) is 57.6 Å². The Hall–Kier alpha value is -3.46. The van der Waals surface area contributed by atoms with Gasteiger partial charge in [-0.15, -0.1) is 10.2 Å². The van der Waals surface area contributed by atoms with Crippen LogP contribution in [0.5, 0.6) is 0 Å². The fraction of sp³-hybridized carbons (Fsp3) is 0.391. The first-order valence-electron chi connectivity index (χ1n) is 10.2. The summed E-state index contributed by atoms with van der Waals surface area (Å²) < 4.78 is 16.2. The molecule has 3 rings (SSSR count). The van der Waals surface area contributed by atoms with Crippen molar-refractivity contribution in [1.82, 2.24) is 15.5 Å². The Kier molecular flexibility index (Phi) is 7.09. The predicted octanol–water partition coefficient (Wildman–Crippen LogP) is 3.27. The molecule has 0 amide bonds. The number of methoxy groups -OCH3 is 1. The Bertz CT molecular complexity index is 1060. The molecule has 2 N–H and O–H groups in total. The van der Waals surface area contributed by atoms with Gasteiger partial charge in [-0.1, -0.05) is 26.0 Å². The number of nitrogens with zero attached hydrogens (tertiary/aromatic N) is 2. The predicted molar refractivity (Wildman–Crippen MR) is 115 cm³/mol. The first-order chi connectivity index (χ1) is 15.2. The van der Waals surface area contributed by atoms with Gasteiger partial charge in [-0.2, -0.15) is 0 Å². The fourth-order valence-electron chi connectivity index (χ4n) is 3.76. The molecule has 9 nitrogen and oxygen atoms in total. The third kappa shape index (κ3) is 4.72. The molecule has 0 bridgehead atoms. The Labute approximate surface area is 186 Å². The molecule has 1 aromatic carbocycles. The number of ether oxygens (including phenoxy) is 2. The van der Waals surface area contributed by atoms with Gasteiger partial charge in [0, 0.05) is 24.1 Å². The van der Waals surface area contributed by atoms with E-state index in [1.807, 2.05) is 13.8 Å². The van der Waals surface area contributed by atoms with Crippen LogP contribution in [0.4, 0.5) is 0 Å². The quantitative estimate of drug-likeness (QED) is 0.594. The summed E-state index contributed by atoms with van der Waals surface area (Å²) in [6.07, 6.45) is 0.743. The van der Waals surface area contributed by atoms with E-state index in [9.17, 15) is 14.7 Å². The topological polar surface area (TPSA) is 124 Å². The van der Waals surface area contributed by atoms with Gasteiger partial charge in [0.05, 0.1) is 23.7 Å². The Balaban J connectivity index is 2.09. The zero-order valence-corrected chi connectivity index (χ0v) is 18.7. The Morgan fingerprint density at radius 1 is 1.22 bits per heavy atom. The number of dihydropyridines is 1. The number of nitrogens with one attached hydrogen (secondary N) is 1. The summed E-state index contributed by atoms with van der Waals surface area (Å²) in [5.74, 6) is -2.25. The van der Waals surface area contributed by atoms with Crippen molar-refractivity contribution in [3.8, 4) is 11.5 Å². The number of aliphatic carboxylic acids is 1. The molecule has 170 valence electrons. The number of carbonyl (C=O) groups is 2. The van der Waals surface area contributed by atoms with Crippen molar-refractivity contribution in [3.05, 3.63) is 58.8 Å². The van der Waals surface area contributed by atoms with Crippen LogP contribution in [-0.2, 0) is 19.1 Å². The van der Waals surface area contributed by atoms with Crippen LogP contribution in [0.25, 0.3) is 11.5 Å². The minimum Gasteiger partial charge on any atom is -0.478 e. The van der Waals surface area contributed by atoms with E-state index in [0.29, 0.717) is 28.4 Å². The zero-order valence-electron chi connectivity index (χ0n) is 18.7. The van der Waals surface area contributed by atoms with Crippen molar-refractivity contribution in [1.29, 1.82) is 0 Å². The minimum absolute atomic E-state index is 0.0203. The van der Waals surface area contributed by atoms with Crippen molar-refractivity contribution in [2.45, 2.75) is 39.7 Å². The van der Waals surface area contributed by atoms with Crippen molar-refractivity contribution in [3.63, 3.8) is 0 Å². The maximum atomic E-state index is 13.3. The second-order valence-electron chi connectivity index (χ2n) is 7.95. The van der Waals surface area contributed by atoms with Crippen LogP contribution in [0.3, 0.4) is 0 Å². The lowest BCUT2D eigenvalue weighted by Crippen LogP contribution is -2.35. The summed E-state index contributed by atoms with van der Waals surface area (Å²) in [6.45, 7) is 7.49. The van der Waals surface area contributed by atoms with Gasteiger partial charge in [0.15, 0.2) is 0 Å². The number of hydrogen-bond donors (Lipinski definition) is 2. The van der Waals surface area contributed by atoms with Crippen molar-refractivity contribution in [2.24, 2.45) is 5.92 Å². The highest BCUT2D eigenvalue weighted by atomic mass is 16.6. The lowest BCUT2D eigenvalue weighted by atomic mass is 9.80. The highest BCUT2D eigenvalue weighted by Crippen LogP contribution is 2.40. The number of aromatic nitrogens is 2. The number of hydrogen-bond acceptors (Lipinski definition) is 8. The number of carboxylic acid groups (broad SMARTS) is 1. The number of esters is 1. The normalized spacial score (nSPS) is 17.4. The van der Waals surface area contributed by atoms with Gasteiger partial charge in [-0.25, -0.2) is 9.59 Å². The standard InChI is InChI=1S/C23H27N3O6/c1-12(2)17(10-30-5)32-23(29)19-14(4)25-13(3)18(22(27)28)20(19)15-7-6-8-16(9-15)21-26-24-11-31-21/h6-9,11-12,17,20,25H,10H2,1-5H3,(H,27,28). The molecular weight excluding hydrogens is 414 g/mol. The molecule has 2 heterocycles. The smallest absolute Gasteiger partial charge is 0.337 e. The fourth-order valence-corrected chi connectivity index (χ4v) is 3.76. The van der Waals surface area contributed by atoms with E-state index in [-0.39, 0.29) is 23.7 Å². The van der Waals surface area contributed by atoms with Crippen LogP contribution >= 0.6 is 0 Å². The van der Waals surface area contributed by atoms with Crippen molar-refractivity contribution in [2.75, 3.05) is 13.7 Å². The molecule has 2 atom stereocenters. The summed E-state index contributed by atoms with van der Waals surface area (Å²) in [5.41, 5.74) is 2.50. The molecule has 0 spiro atoms. The van der Waals surface area contributed by atoms with E-state index in [0.717, 1.165) is 0 Å². The molecule has 0 saturated carbocycles. The highest BCUT2D eigenvalue weighted by molar-refractivity contribution is 5.99. The molecule has 32 heavy (non-hydrogen) atoms. The molecule has 0 aliphatic carbocycles. The van der Waals surface area contributed by atoms with Crippen LogP contribution in [-0.4, -0.2) is 47.1 Å². The third-order valence-electron chi connectivity index (χ3n) is 5.37. The molecule has 2 unspecified atom stereocenters. The van der Waals surface area contributed by atoms with Crippen molar-refractivity contribution < 1.29 is 28.6 Å². The molecule has 2 aromatic rings. The first kappa shape index (κ1) is 23.2. The van der Waals surface area contributed by atoms with Gasteiger partial charge in [-0.05, 0) is 37.5 Å². The van der Waals surface area contributed by atoms with Crippen LogP contribution in [0.2, 0.25) is 0 Å². The van der Waals surface area contributed by atoms with Crippen molar-refractivity contribution >= 4 is 11.9 Å². The van der Waals surface area contributed by atoms with E-state index >= 15 is 0 Å². The summed E-state index contributed by atoms with van der Waals surface area (Å²) in [4.78, 5) is 25.6. The number of allylic oxidation sites excluding steroid dienone is 2. The second-order valence-corrected chi connectivity index (χ2v) is 7.95. The van der Waals surface area contributed by atoms with E-state index in [1.54, 1.807) is 38.1 Å². The van der Waals surface area contributed by atoms with Gasteiger partial charge < -0.3 is 24.3 Å². The average molecular weight is 441 g/mol. The summed E-state index contributed by atoms with van der Waals surface area (Å²) in [5, 5.41) is 20.6. The SMILES string of the molecule is COCC(OC(=O)C1=C(C)NC(C)=C(C(=O)O)C1c1cccc(-c2nnco2)c1)C(C)C. The van der Waals surface area contributed by atoms with Crippen LogP contribution < -0.4 is 5.32 Å². The molecule has 0 fully saturated rings. The third-order valence-corrected chi connectivity index (χ3v) is 5.37. The van der Waals surface area contributed by atoms with E-state index in [2.05, 4.69) is 15.5 Å². The van der Waals surface area contributed by atoms with Crippen LogP contribution in [0, 0.1) is 5.92 Å². The lowest BCUT2D eigenvalue weighted by Gasteiger charge is -2.31. The minimum atomic E-state index is -1.13. The van der Waals surface area contributed by atoms with Gasteiger partial charge >= 0.3 is 11.9 Å². The van der Waals surface area contributed by atoms with E-state index < -0.39 is 24.0 Å². The first-order valence-corrected chi connectivity index (χ1v) is 10.2.